The molecule has 1 heterocycles. The Morgan fingerprint density at radius 1 is 1.03 bits per heavy atom. The molecule has 1 aromatic carbocycles. The van der Waals surface area contributed by atoms with Gasteiger partial charge in [0.1, 0.15) is 11.9 Å². The average Bonchev–Trinajstić information content (AvgIpc) is 3.00. The highest BCUT2D eigenvalue weighted by Crippen LogP contribution is 2.39. The highest BCUT2D eigenvalue weighted by molar-refractivity contribution is 5.66. The fraction of sp³-hybridized carbons (Fsp3) is 0.696. The molecule has 0 bridgehead atoms. The van der Waals surface area contributed by atoms with Crippen LogP contribution in [0.3, 0.4) is 0 Å². The van der Waals surface area contributed by atoms with Crippen LogP contribution in [0.1, 0.15) is 63.4 Å². The van der Waals surface area contributed by atoms with E-state index < -0.39 is 30.6 Å². The summed E-state index contributed by atoms with van der Waals surface area (Å²) in [4.78, 5) is 10.6. The number of ether oxygens (including phenoxy) is 2. The van der Waals surface area contributed by atoms with Crippen LogP contribution in [0.4, 0.5) is 0 Å². The number of aliphatic hydroxyl groups excluding tert-OH is 3. The van der Waals surface area contributed by atoms with Gasteiger partial charge in [-0.3, -0.25) is 4.79 Å². The minimum absolute atomic E-state index is 0.000548. The lowest BCUT2D eigenvalue weighted by Crippen LogP contribution is -2.37. The van der Waals surface area contributed by atoms with Gasteiger partial charge in [-0.15, -0.1) is 0 Å². The van der Waals surface area contributed by atoms with Gasteiger partial charge in [0.25, 0.3) is 0 Å². The summed E-state index contributed by atoms with van der Waals surface area (Å²) >= 11 is 0. The van der Waals surface area contributed by atoms with Crippen LogP contribution in [-0.2, 0) is 16.1 Å². The molecule has 4 N–H and O–H groups in total. The van der Waals surface area contributed by atoms with Gasteiger partial charge in [0, 0.05) is 12.0 Å². The summed E-state index contributed by atoms with van der Waals surface area (Å²) in [5, 5.41) is 40.1. The highest BCUT2D eigenvalue weighted by atomic mass is 16.7. The number of carbonyl (C=O) groups is 1. The number of fused-ring (bicyclic) bond motifs is 1. The third kappa shape index (κ3) is 6.17. The molecule has 7 heteroatoms. The summed E-state index contributed by atoms with van der Waals surface area (Å²) in [5.41, 5.74) is 0.957. The first-order chi connectivity index (χ1) is 14.5. The third-order valence-electron chi connectivity index (χ3n) is 6.43. The molecule has 1 fully saturated rings. The lowest BCUT2D eigenvalue weighted by Gasteiger charge is -2.31. The van der Waals surface area contributed by atoms with Gasteiger partial charge >= 0.3 is 5.97 Å². The topological polar surface area (TPSA) is 116 Å². The standard InChI is InChI=1S/C23H34O7/c24-18(23-29-14-15-7-5-6-9-21(15)30-23)12-11-17-16(19(25)13-20(17)26)8-3-1-2-4-10-22(27)28/h5-7,9,16-20,23-26H,1-4,8,10-14H2,(H,27,28)/t16-,17-,18-,19+,20-,23?/m1/s1. The molecule has 0 aromatic heterocycles. The molecular weight excluding hydrogens is 388 g/mol. The third-order valence-corrected chi connectivity index (χ3v) is 6.43. The van der Waals surface area contributed by atoms with E-state index in [0.717, 1.165) is 37.0 Å². The predicted octanol–water partition coefficient (Wildman–Crippen LogP) is 2.85. The van der Waals surface area contributed by atoms with Gasteiger partial charge in [0.15, 0.2) is 0 Å². The Morgan fingerprint density at radius 3 is 2.50 bits per heavy atom. The summed E-state index contributed by atoms with van der Waals surface area (Å²) in [6, 6.07) is 7.60. The lowest BCUT2D eigenvalue weighted by atomic mass is 9.84. The highest BCUT2D eigenvalue weighted by Gasteiger charge is 2.41. The van der Waals surface area contributed by atoms with Crippen LogP contribution in [0.2, 0.25) is 0 Å². The maximum absolute atomic E-state index is 10.6. The van der Waals surface area contributed by atoms with Crippen molar-refractivity contribution in [2.24, 2.45) is 11.8 Å². The second kappa shape index (κ2) is 11.1. The summed E-state index contributed by atoms with van der Waals surface area (Å²) in [6.07, 6.45) is 3.10. The molecule has 1 saturated carbocycles. The van der Waals surface area contributed by atoms with Crippen LogP contribution in [0.25, 0.3) is 0 Å². The Labute approximate surface area is 177 Å². The second-order valence-electron chi connectivity index (χ2n) is 8.59. The predicted molar refractivity (Wildman–Crippen MR) is 110 cm³/mol. The van der Waals surface area contributed by atoms with Gasteiger partial charge in [0.05, 0.1) is 18.8 Å². The normalized spacial score (nSPS) is 29.2. The van der Waals surface area contributed by atoms with Crippen LogP contribution in [0.5, 0.6) is 5.75 Å². The Balaban J connectivity index is 1.43. The Kier molecular flexibility index (Phi) is 8.50. The zero-order valence-electron chi connectivity index (χ0n) is 17.4. The van der Waals surface area contributed by atoms with Gasteiger partial charge in [-0.1, -0.05) is 37.5 Å². The van der Waals surface area contributed by atoms with Crippen molar-refractivity contribution < 1.29 is 34.7 Å². The molecule has 6 atom stereocenters. The molecule has 3 rings (SSSR count). The molecular formula is C23H34O7. The van der Waals surface area contributed by atoms with E-state index in [1.165, 1.54) is 0 Å². The number of carboxylic acid groups (broad SMARTS) is 1. The molecule has 1 unspecified atom stereocenters. The largest absolute Gasteiger partial charge is 0.481 e. The van der Waals surface area contributed by atoms with E-state index in [1.807, 2.05) is 24.3 Å². The fourth-order valence-corrected chi connectivity index (χ4v) is 4.75. The SMILES string of the molecule is O=C(O)CCCCCC[C@@H]1[C@@H](CC[C@@H](O)C2OCc3ccccc3O2)[C@H](O)C[C@@H]1O. The molecule has 0 saturated heterocycles. The van der Waals surface area contributed by atoms with E-state index in [2.05, 4.69) is 0 Å². The van der Waals surface area contributed by atoms with E-state index >= 15 is 0 Å². The number of para-hydroxylation sites is 1. The van der Waals surface area contributed by atoms with Gasteiger partial charge in [-0.05, 0) is 50.0 Å². The van der Waals surface area contributed by atoms with Gasteiger partial charge in [-0.2, -0.15) is 0 Å². The van der Waals surface area contributed by atoms with Gasteiger partial charge < -0.3 is 29.9 Å². The number of hydrogen-bond acceptors (Lipinski definition) is 6. The summed E-state index contributed by atoms with van der Waals surface area (Å²) in [6.45, 7) is 0.396. The zero-order valence-corrected chi connectivity index (χ0v) is 17.4. The van der Waals surface area contributed by atoms with Crippen molar-refractivity contribution in [3.8, 4) is 5.75 Å². The monoisotopic (exact) mass is 422 g/mol. The number of aliphatic carboxylic acids is 1. The summed E-state index contributed by atoms with van der Waals surface area (Å²) in [7, 11) is 0. The minimum Gasteiger partial charge on any atom is -0.481 e. The Hall–Kier alpha value is -1.67. The van der Waals surface area contributed by atoms with Crippen molar-refractivity contribution in [1.82, 2.24) is 0 Å². The molecule has 1 aliphatic heterocycles. The number of rotatable bonds is 11. The molecule has 7 nitrogen and oxygen atoms in total. The van der Waals surface area contributed by atoms with Crippen molar-refractivity contribution in [3.05, 3.63) is 29.8 Å². The molecule has 0 spiro atoms. The maximum Gasteiger partial charge on any atom is 0.303 e. The first-order valence-corrected chi connectivity index (χ1v) is 11.1. The van der Waals surface area contributed by atoms with Gasteiger partial charge in [0.2, 0.25) is 6.29 Å². The second-order valence-corrected chi connectivity index (χ2v) is 8.59. The van der Waals surface area contributed by atoms with Crippen LogP contribution in [-0.4, -0.2) is 51.0 Å². The smallest absolute Gasteiger partial charge is 0.303 e. The fourth-order valence-electron chi connectivity index (χ4n) is 4.75. The summed E-state index contributed by atoms with van der Waals surface area (Å²) < 4.78 is 11.4. The van der Waals surface area contributed by atoms with E-state index in [4.69, 9.17) is 14.6 Å². The molecule has 0 radical (unpaired) electrons. The molecule has 30 heavy (non-hydrogen) atoms. The van der Waals surface area contributed by atoms with E-state index in [-0.39, 0.29) is 18.3 Å². The van der Waals surface area contributed by atoms with Crippen LogP contribution < -0.4 is 4.74 Å². The molecule has 168 valence electrons. The Morgan fingerprint density at radius 2 is 1.73 bits per heavy atom. The number of hydrogen-bond donors (Lipinski definition) is 4. The summed E-state index contributed by atoms with van der Waals surface area (Å²) in [5.74, 6) is -0.104. The number of carboxylic acids is 1. The van der Waals surface area contributed by atoms with Crippen molar-refractivity contribution in [1.29, 1.82) is 0 Å². The van der Waals surface area contributed by atoms with Crippen LogP contribution in [0.15, 0.2) is 24.3 Å². The minimum atomic E-state index is -0.806. The van der Waals surface area contributed by atoms with Crippen molar-refractivity contribution in [2.45, 2.75) is 89.0 Å². The van der Waals surface area contributed by atoms with E-state index in [9.17, 15) is 20.1 Å². The molecule has 1 aromatic rings. The maximum atomic E-state index is 10.6. The zero-order chi connectivity index (χ0) is 21.5. The van der Waals surface area contributed by atoms with Crippen LogP contribution in [0, 0.1) is 11.8 Å². The quantitative estimate of drug-likeness (QED) is 0.405. The van der Waals surface area contributed by atoms with E-state index in [0.29, 0.717) is 32.3 Å². The van der Waals surface area contributed by atoms with Crippen LogP contribution >= 0.6 is 0 Å². The average molecular weight is 423 g/mol. The van der Waals surface area contributed by atoms with E-state index in [1.54, 1.807) is 0 Å². The lowest BCUT2D eigenvalue weighted by molar-refractivity contribution is -0.168. The molecule has 0 amide bonds. The number of benzene rings is 1. The van der Waals surface area contributed by atoms with Crippen molar-refractivity contribution in [2.75, 3.05) is 0 Å². The first kappa shape index (κ1) is 23.0. The Bertz CT molecular complexity index is 679. The molecule has 2 aliphatic rings. The first-order valence-electron chi connectivity index (χ1n) is 11.1. The van der Waals surface area contributed by atoms with Crippen molar-refractivity contribution in [3.63, 3.8) is 0 Å². The van der Waals surface area contributed by atoms with Gasteiger partial charge in [-0.25, -0.2) is 0 Å². The number of aliphatic hydroxyl groups is 3. The number of unbranched alkanes of at least 4 members (excludes halogenated alkanes) is 3. The van der Waals surface area contributed by atoms with Crippen molar-refractivity contribution >= 4 is 5.97 Å². The molecule has 1 aliphatic carbocycles.